The van der Waals surface area contributed by atoms with Crippen LogP contribution in [-0.2, 0) is 11.3 Å². The van der Waals surface area contributed by atoms with Gasteiger partial charge in [-0.3, -0.25) is 9.69 Å². The standard InChI is InChI=1S/C20H28N4O/c1-3-19(18-7-5-4-6-8-18)20(25)24-15-12-22(13-16-24)11-14-23-10-9-21-17(23)2/h4-10,19H,3,11-16H2,1-2H3. The van der Waals surface area contributed by atoms with Gasteiger partial charge >= 0.3 is 0 Å². The number of carbonyl (C=O) groups is 1. The van der Waals surface area contributed by atoms with Gasteiger partial charge in [-0.05, 0) is 18.9 Å². The van der Waals surface area contributed by atoms with E-state index in [1.165, 1.54) is 0 Å². The SMILES string of the molecule is CCC(C(=O)N1CCN(CCn2ccnc2C)CC1)c1ccccc1. The zero-order valence-electron chi connectivity index (χ0n) is 15.3. The highest BCUT2D eigenvalue weighted by atomic mass is 16.2. The highest BCUT2D eigenvalue weighted by Gasteiger charge is 2.27. The van der Waals surface area contributed by atoms with Crippen LogP contribution in [0.3, 0.4) is 0 Å². The van der Waals surface area contributed by atoms with Crippen LogP contribution in [0.25, 0.3) is 0 Å². The quantitative estimate of drug-likeness (QED) is 0.811. The van der Waals surface area contributed by atoms with E-state index in [1.807, 2.05) is 42.4 Å². The molecule has 1 aliphatic heterocycles. The van der Waals surface area contributed by atoms with Gasteiger partial charge in [-0.25, -0.2) is 4.98 Å². The molecule has 2 heterocycles. The van der Waals surface area contributed by atoms with Gasteiger partial charge in [0.05, 0.1) is 5.92 Å². The fourth-order valence-electron chi connectivity index (χ4n) is 3.54. The van der Waals surface area contributed by atoms with Crippen molar-refractivity contribution in [3.8, 4) is 0 Å². The number of hydrogen-bond acceptors (Lipinski definition) is 3. The summed E-state index contributed by atoms with van der Waals surface area (Å²) < 4.78 is 2.18. The zero-order valence-corrected chi connectivity index (χ0v) is 15.3. The van der Waals surface area contributed by atoms with E-state index in [2.05, 4.69) is 33.5 Å². The first-order chi connectivity index (χ1) is 12.2. The summed E-state index contributed by atoms with van der Waals surface area (Å²) in [6.45, 7) is 9.65. The fraction of sp³-hybridized carbons (Fsp3) is 0.500. The van der Waals surface area contributed by atoms with E-state index in [0.717, 1.165) is 57.1 Å². The van der Waals surface area contributed by atoms with Crippen molar-refractivity contribution in [2.24, 2.45) is 0 Å². The van der Waals surface area contributed by atoms with E-state index >= 15 is 0 Å². The number of imidazole rings is 1. The molecule has 1 aromatic carbocycles. The smallest absolute Gasteiger partial charge is 0.230 e. The Morgan fingerprint density at radius 2 is 1.84 bits per heavy atom. The third-order valence-electron chi connectivity index (χ3n) is 5.17. The Balaban J connectivity index is 1.51. The predicted molar refractivity (Wildman–Crippen MR) is 99.5 cm³/mol. The van der Waals surface area contributed by atoms with Crippen molar-refractivity contribution in [1.82, 2.24) is 19.4 Å². The summed E-state index contributed by atoms with van der Waals surface area (Å²) in [6.07, 6.45) is 4.73. The molecule has 1 fully saturated rings. The lowest BCUT2D eigenvalue weighted by Gasteiger charge is -2.36. The Labute approximate surface area is 150 Å². The minimum absolute atomic E-state index is 0.0126. The molecule has 25 heavy (non-hydrogen) atoms. The maximum absolute atomic E-state index is 12.9. The largest absolute Gasteiger partial charge is 0.340 e. The lowest BCUT2D eigenvalue weighted by atomic mass is 9.95. The molecule has 2 aromatic rings. The van der Waals surface area contributed by atoms with Crippen LogP contribution in [0.2, 0.25) is 0 Å². The fourth-order valence-corrected chi connectivity index (χ4v) is 3.54. The summed E-state index contributed by atoms with van der Waals surface area (Å²) in [5, 5.41) is 0. The summed E-state index contributed by atoms with van der Waals surface area (Å²) in [4.78, 5) is 21.7. The molecular formula is C20H28N4O. The molecule has 1 saturated heterocycles. The maximum Gasteiger partial charge on any atom is 0.230 e. The average Bonchev–Trinajstić information content (AvgIpc) is 3.07. The van der Waals surface area contributed by atoms with Crippen molar-refractivity contribution in [3.05, 3.63) is 54.1 Å². The first-order valence-corrected chi connectivity index (χ1v) is 9.23. The first-order valence-electron chi connectivity index (χ1n) is 9.23. The van der Waals surface area contributed by atoms with E-state index in [4.69, 9.17) is 0 Å². The topological polar surface area (TPSA) is 41.4 Å². The van der Waals surface area contributed by atoms with E-state index in [-0.39, 0.29) is 11.8 Å². The number of piperazine rings is 1. The molecule has 5 heteroatoms. The lowest BCUT2D eigenvalue weighted by Crippen LogP contribution is -2.50. The predicted octanol–water partition coefficient (Wildman–Crippen LogP) is 2.53. The number of benzene rings is 1. The van der Waals surface area contributed by atoms with E-state index < -0.39 is 0 Å². The van der Waals surface area contributed by atoms with Crippen molar-refractivity contribution in [2.75, 3.05) is 32.7 Å². The molecular weight excluding hydrogens is 312 g/mol. The minimum Gasteiger partial charge on any atom is -0.340 e. The van der Waals surface area contributed by atoms with Crippen molar-refractivity contribution < 1.29 is 4.79 Å². The van der Waals surface area contributed by atoms with Crippen molar-refractivity contribution in [1.29, 1.82) is 0 Å². The van der Waals surface area contributed by atoms with Crippen LogP contribution in [-0.4, -0.2) is 58.0 Å². The normalized spacial score (nSPS) is 16.8. The van der Waals surface area contributed by atoms with E-state index in [0.29, 0.717) is 0 Å². The summed E-state index contributed by atoms with van der Waals surface area (Å²) >= 11 is 0. The van der Waals surface area contributed by atoms with E-state index in [9.17, 15) is 4.79 Å². The third-order valence-corrected chi connectivity index (χ3v) is 5.17. The molecule has 0 radical (unpaired) electrons. The molecule has 0 saturated carbocycles. The maximum atomic E-state index is 12.9. The average molecular weight is 340 g/mol. The number of rotatable bonds is 6. The Hall–Kier alpha value is -2.14. The van der Waals surface area contributed by atoms with Crippen LogP contribution in [0.1, 0.15) is 30.7 Å². The van der Waals surface area contributed by atoms with Gasteiger partial charge < -0.3 is 9.47 Å². The Morgan fingerprint density at radius 1 is 1.12 bits per heavy atom. The first kappa shape index (κ1) is 17.7. The van der Waals surface area contributed by atoms with Gasteiger partial charge in [0.1, 0.15) is 5.82 Å². The van der Waals surface area contributed by atoms with Crippen LogP contribution >= 0.6 is 0 Å². The molecule has 1 aliphatic rings. The van der Waals surface area contributed by atoms with Crippen LogP contribution in [0.15, 0.2) is 42.7 Å². The second kappa shape index (κ2) is 8.30. The molecule has 0 N–H and O–H groups in total. The van der Waals surface area contributed by atoms with Crippen LogP contribution in [0.4, 0.5) is 0 Å². The number of aromatic nitrogens is 2. The monoisotopic (exact) mass is 340 g/mol. The number of amides is 1. The van der Waals surface area contributed by atoms with Crippen LogP contribution in [0, 0.1) is 6.92 Å². The summed E-state index contributed by atoms with van der Waals surface area (Å²) in [5.41, 5.74) is 1.13. The van der Waals surface area contributed by atoms with Crippen molar-refractivity contribution in [2.45, 2.75) is 32.7 Å². The Kier molecular flexibility index (Phi) is 5.87. The van der Waals surface area contributed by atoms with E-state index in [1.54, 1.807) is 0 Å². The molecule has 134 valence electrons. The molecule has 1 aromatic heterocycles. The molecule has 0 aliphatic carbocycles. The number of nitrogens with zero attached hydrogens (tertiary/aromatic N) is 4. The zero-order chi connectivity index (χ0) is 17.6. The lowest BCUT2D eigenvalue weighted by molar-refractivity contribution is -0.134. The third kappa shape index (κ3) is 4.28. The minimum atomic E-state index is -0.0126. The highest BCUT2D eigenvalue weighted by Crippen LogP contribution is 2.22. The molecule has 1 unspecified atom stereocenters. The number of hydrogen-bond donors (Lipinski definition) is 0. The molecule has 3 rings (SSSR count). The highest BCUT2D eigenvalue weighted by molar-refractivity contribution is 5.83. The molecule has 1 amide bonds. The van der Waals surface area contributed by atoms with Gasteiger partial charge in [-0.2, -0.15) is 0 Å². The van der Waals surface area contributed by atoms with Crippen molar-refractivity contribution in [3.63, 3.8) is 0 Å². The molecule has 5 nitrogen and oxygen atoms in total. The molecule has 1 atom stereocenters. The van der Waals surface area contributed by atoms with Gasteiger partial charge in [-0.1, -0.05) is 37.3 Å². The Morgan fingerprint density at radius 3 is 2.44 bits per heavy atom. The van der Waals surface area contributed by atoms with Crippen LogP contribution < -0.4 is 0 Å². The summed E-state index contributed by atoms with van der Waals surface area (Å²) in [5.74, 6) is 1.32. The van der Waals surface area contributed by atoms with Crippen molar-refractivity contribution >= 4 is 5.91 Å². The van der Waals surface area contributed by atoms with Gasteiger partial charge in [0.15, 0.2) is 0 Å². The second-order valence-electron chi connectivity index (χ2n) is 6.71. The summed E-state index contributed by atoms with van der Waals surface area (Å²) in [6, 6.07) is 10.2. The second-order valence-corrected chi connectivity index (χ2v) is 6.71. The van der Waals surface area contributed by atoms with Crippen LogP contribution in [0.5, 0.6) is 0 Å². The van der Waals surface area contributed by atoms with Gasteiger partial charge in [-0.15, -0.1) is 0 Å². The van der Waals surface area contributed by atoms with Gasteiger partial charge in [0.2, 0.25) is 5.91 Å². The Bertz CT molecular complexity index is 674. The molecule has 0 spiro atoms. The number of aryl methyl sites for hydroxylation is 1. The van der Waals surface area contributed by atoms with Gasteiger partial charge in [0, 0.05) is 51.7 Å². The number of carbonyl (C=O) groups excluding carboxylic acids is 1. The summed E-state index contributed by atoms with van der Waals surface area (Å²) in [7, 11) is 0. The van der Waals surface area contributed by atoms with Gasteiger partial charge in [0.25, 0.3) is 0 Å². The molecule has 0 bridgehead atoms.